The lowest BCUT2D eigenvalue weighted by molar-refractivity contribution is -0.00121. The van der Waals surface area contributed by atoms with E-state index >= 15 is 0 Å². The van der Waals surface area contributed by atoms with Gasteiger partial charge in [0.25, 0.3) is 0 Å². The Balaban J connectivity index is 2.66. The molecule has 1 aromatic rings. The average Bonchev–Trinajstić information content (AvgIpc) is 2.36. The van der Waals surface area contributed by atoms with E-state index in [1.165, 1.54) is 7.05 Å². The summed E-state index contributed by atoms with van der Waals surface area (Å²) in [5, 5.41) is 12.6. The van der Waals surface area contributed by atoms with Crippen LogP contribution < -0.4 is 5.32 Å². The van der Waals surface area contributed by atoms with Crippen LogP contribution in [-0.4, -0.2) is 24.9 Å². The number of alkyl carbamates (subject to hydrolysis) is 1. The van der Waals surface area contributed by atoms with Crippen molar-refractivity contribution in [3.8, 4) is 0 Å². The van der Waals surface area contributed by atoms with Crippen molar-refractivity contribution in [2.45, 2.75) is 20.0 Å². The summed E-state index contributed by atoms with van der Waals surface area (Å²) in [5.74, 6) is 0. The Labute approximate surface area is 102 Å². The van der Waals surface area contributed by atoms with E-state index in [4.69, 9.17) is 4.74 Å². The summed E-state index contributed by atoms with van der Waals surface area (Å²) in [6.45, 7) is 3.87. The molecule has 0 radical (unpaired) electrons. The van der Waals surface area contributed by atoms with Gasteiger partial charge < -0.3 is 15.2 Å². The van der Waals surface area contributed by atoms with Crippen molar-refractivity contribution in [3.63, 3.8) is 0 Å². The van der Waals surface area contributed by atoms with Gasteiger partial charge in [0, 0.05) is 12.5 Å². The van der Waals surface area contributed by atoms with Crippen molar-refractivity contribution < 1.29 is 14.6 Å². The number of rotatable bonds is 4. The number of hydrogen-bond donors (Lipinski definition) is 2. The van der Waals surface area contributed by atoms with Gasteiger partial charge in [-0.2, -0.15) is 0 Å². The molecule has 0 bridgehead atoms. The lowest BCUT2D eigenvalue weighted by atomic mass is 9.83. The minimum absolute atomic E-state index is 0.155. The third kappa shape index (κ3) is 3.75. The maximum absolute atomic E-state index is 11.0. The van der Waals surface area contributed by atoms with Crippen LogP contribution >= 0.6 is 0 Å². The van der Waals surface area contributed by atoms with Crippen LogP contribution in [0.4, 0.5) is 4.79 Å². The molecule has 4 heteroatoms. The first kappa shape index (κ1) is 13.5. The number of ether oxygens (including phenoxy) is 1. The zero-order valence-electron chi connectivity index (χ0n) is 10.4. The molecule has 0 heterocycles. The SMILES string of the molecule is CNC(=O)OCC(C)(C)[C@H](O)c1ccccc1. The summed E-state index contributed by atoms with van der Waals surface area (Å²) >= 11 is 0. The fraction of sp³-hybridized carbons (Fsp3) is 0.462. The van der Waals surface area contributed by atoms with Crippen LogP contribution in [0.15, 0.2) is 30.3 Å². The molecule has 0 spiro atoms. The van der Waals surface area contributed by atoms with Crippen LogP contribution in [0.25, 0.3) is 0 Å². The second-order valence-electron chi connectivity index (χ2n) is 4.63. The Hall–Kier alpha value is -1.55. The maximum Gasteiger partial charge on any atom is 0.406 e. The highest BCUT2D eigenvalue weighted by atomic mass is 16.5. The Kier molecular flexibility index (Phi) is 4.52. The molecule has 0 saturated carbocycles. The number of carbonyl (C=O) groups is 1. The van der Waals surface area contributed by atoms with Gasteiger partial charge in [-0.25, -0.2) is 4.79 Å². The number of carbonyl (C=O) groups excluding carboxylic acids is 1. The average molecular weight is 237 g/mol. The van der Waals surface area contributed by atoms with Gasteiger partial charge in [0.2, 0.25) is 0 Å². The van der Waals surface area contributed by atoms with Gasteiger partial charge in [0.15, 0.2) is 0 Å². The zero-order chi connectivity index (χ0) is 12.9. The summed E-state index contributed by atoms with van der Waals surface area (Å²) in [6.07, 6.45) is -1.16. The molecule has 0 aliphatic heterocycles. The lowest BCUT2D eigenvalue weighted by Crippen LogP contribution is -2.31. The Morgan fingerprint density at radius 1 is 1.41 bits per heavy atom. The molecule has 17 heavy (non-hydrogen) atoms. The predicted octanol–water partition coefficient (Wildman–Crippen LogP) is 2.10. The van der Waals surface area contributed by atoms with Crippen molar-refractivity contribution in [3.05, 3.63) is 35.9 Å². The largest absolute Gasteiger partial charge is 0.449 e. The molecule has 0 fully saturated rings. The van der Waals surface area contributed by atoms with Crippen molar-refractivity contribution in [1.82, 2.24) is 5.32 Å². The molecule has 0 saturated heterocycles. The van der Waals surface area contributed by atoms with Crippen LogP contribution in [-0.2, 0) is 4.74 Å². The molecule has 1 rings (SSSR count). The normalized spacial score (nSPS) is 12.9. The van der Waals surface area contributed by atoms with Gasteiger partial charge in [-0.3, -0.25) is 0 Å². The number of nitrogens with one attached hydrogen (secondary N) is 1. The second-order valence-corrected chi connectivity index (χ2v) is 4.63. The van der Waals surface area contributed by atoms with Gasteiger partial charge in [0.05, 0.1) is 6.10 Å². The van der Waals surface area contributed by atoms with Crippen molar-refractivity contribution >= 4 is 6.09 Å². The summed E-state index contributed by atoms with van der Waals surface area (Å²) in [4.78, 5) is 11.0. The monoisotopic (exact) mass is 237 g/mol. The fourth-order valence-electron chi connectivity index (χ4n) is 1.49. The smallest absolute Gasteiger partial charge is 0.406 e. The second kappa shape index (κ2) is 5.68. The molecule has 1 aromatic carbocycles. The van der Waals surface area contributed by atoms with Gasteiger partial charge >= 0.3 is 6.09 Å². The number of amides is 1. The number of benzene rings is 1. The molecular formula is C13H19NO3. The summed E-state index contributed by atoms with van der Waals surface area (Å²) in [7, 11) is 1.50. The minimum Gasteiger partial charge on any atom is -0.449 e. The number of aliphatic hydroxyl groups is 1. The van der Waals surface area contributed by atoms with Crippen molar-refractivity contribution in [2.24, 2.45) is 5.41 Å². The highest BCUT2D eigenvalue weighted by Crippen LogP contribution is 2.33. The fourth-order valence-corrected chi connectivity index (χ4v) is 1.49. The number of aliphatic hydroxyl groups excluding tert-OH is 1. The summed E-state index contributed by atoms with van der Waals surface area (Å²) in [5.41, 5.74) is 0.284. The van der Waals surface area contributed by atoms with Gasteiger partial charge in [-0.05, 0) is 5.56 Å². The highest BCUT2D eigenvalue weighted by Gasteiger charge is 2.30. The van der Waals surface area contributed by atoms with Gasteiger partial charge in [-0.15, -0.1) is 0 Å². The van der Waals surface area contributed by atoms with Crippen LogP contribution in [0.3, 0.4) is 0 Å². The maximum atomic E-state index is 11.0. The molecular weight excluding hydrogens is 218 g/mol. The van der Waals surface area contributed by atoms with E-state index in [1.807, 2.05) is 44.2 Å². The van der Waals surface area contributed by atoms with E-state index in [-0.39, 0.29) is 6.61 Å². The quantitative estimate of drug-likeness (QED) is 0.843. The van der Waals surface area contributed by atoms with Crippen LogP contribution in [0.1, 0.15) is 25.5 Å². The highest BCUT2D eigenvalue weighted by molar-refractivity contribution is 5.66. The molecule has 0 aliphatic rings. The molecule has 0 unspecified atom stereocenters. The number of hydrogen-bond acceptors (Lipinski definition) is 3. The Morgan fingerprint density at radius 2 is 2.00 bits per heavy atom. The molecule has 2 N–H and O–H groups in total. The minimum atomic E-state index is -0.673. The molecule has 1 amide bonds. The van der Waals surface area contributed by atoms with Crippen LogP contribution in [0.2, 0.25) is 0 Å². The van der Waals surface area contributed by atoms with E-state index in [9.17, 15) is 9.90 Å². The zero-order valence-corrected chi connectivity index (χ0v) is 10.4. The molecule has 0 aromatic heterocycles. The van der Waals surface area contributed by atoms with Crippen molar-refractivity contribution in [1.29, 1.82) is 0 Å². The van der Waals surface area contributed by atoms with E-state index in [1.54, 1.807) is 0 Å². The molecule has 1 atom stereocenters. The third-order valence-corrected chi connectivity index (χ3v) is 2.63. The van der Waals surface area contributed by atoms with Crippen molar-refractivity contribution in [2.75, 3.05) is 13.7 Å². The van der Waals surface area contributed by atoms with Gasteiger partial charge in [0.1, 0.15) is 6.61 Å². The summed E-state index contributed by atoms with van der Waals surface area (Å²) in [6, 6.07) is 9.34. The third-order valence-electron chi connectivity index (χ3n) is 2.63. The van der Waals surface area contributed by atoms with E-state index < -0.39 is 17.6 Å². The summed E-state index contributed by atoms with van der Waals surface area (Å²) < 4.78 is 4.99. The Bertz CT molecular complexity index is 362. The standard InChI is InChI=1S/C13H19NO3/c1-13(2,9-17-12(16)14-3)11(15)10-7-5-4-6-8-10/h4-8,11,15H,9H2,1-3H3,(H,14,16)/t11-/m1/s1. The topological polar surface area (TPSA) is 58.6 Å². The lowest BCUT2D eigenvalue weighted by Gasteiger charge is -2.30. The van der Waals surface area contributed by atoms with Crippen LogP contribution in [0.5, 0.6) is 0 Å². The van der Waals surface area contributed by atoms with E-state index in [0.717, 1.165) is 5.56 Å². The van der Waals surface area contributed by atoms with Crippen LogP contribution in [0, 0.1) is 5.41 Å². The first-order chi connectivity index (χ1) is 7.97. The Morgan fingerprint density at radius 3 is 2.53 bits per heavy atom. The van der Waals surface area contributed by atoms with E-state index in [2.05, 4.69) is 5.32 Å². The first-order valence-electron chi connectivity index (χ1n) is 5.55. The molecule has 4 nitrogen and oxygen atoms in total. The first-order valence-corrected chi connectivity index (χ1v) is 5.55. The molecule has 94 valence electrons. The van der Waals surface area contributed by atoms with Gasteiger partial charge in [-0.1, -0.05) is 44.2 Å². The predicted molar refractivity (Wildman–Crippen MR) is 65.6 cm³/mol. The molecule has 0 aliphatic carbocycles. The van der Waals surface area contributed by atoms with E-state index in [0.29, 0.717) is 0 Å².